The topological polar surface area (TPSA) is 125 Å². The second-order valence-corrected chi connectivity index (χ2v) is 10.3. The van der Waals surface area contributed by atoms with Crippen LogP contribution in [0.4, 0.5) is 18.9 Å². The van der Waals surface area contributed by atoms with E-state index in [1.807, 2.05) is 13.0 Å². The zero-order valence-electron chi connectivity index (χ0n) is 21.2. The molecule has 0 saturated heterocycles. The molecule has 2 heterocycles. The van der Waals surface area contributed by atoms with Gasteiger partial charge in [-0.15, -0.1) is 0 Å². The Morgan fingerprint density at radius 2 is 1.84 bits per heavy atom. The third-order valence-corrected chi connectivity index (χ3v) is 7.14. The summed E-state index contributed by atoms with van der Waals surface area (Å²) in [5, 5.41) is 22.2. The van der Waals surface area contributed by atoms with Crippen molar-refractivity contribution in [2.24, 2.45) is 11.7 Å². The maximum atomic E-state index is 15.0. The molecule has 1 saturated carbocycles. The first kappa shape index (κ1) is 27.2. The number of halogens is 3. The van der Waals surface area contributed by atoms with Crippen LogP contribution in [0.15, 0.2) is 42.7 Å². The molecule has 38 heavy (non-hydrogen) atoms. The fourth-order valence-corrected chi connectivity index (χ4v) is 4.85. The van der Waals surface area contributed by atoms with E-state index in [4.69, 9.17) is 5.73 Å². The molecule has 198 valence electrons. The number of hydrogen-bond acceptors (Lipinski definition) is 6. The quantitative estimate of drug-likeness (QED) is 0.441. The summed E-state index contributed by atoms with van der Waals surface area (Å²) in [6.07, 6.45) is 3.59. The van der Waals surface area contributed by atoms with Crippen molar-refractivity contribution in [1.29, 1.82) is 5.26 Å². The Balaban J connectivity index is 1.65. The van der Waals surface area contributed by atoms with Crippen LogP contribution in [-0.4, -0.2) is 33.1 Å². The van der Waals surface area contributed by atoms with Gasteiger partial charge >= 0.3 is 0 Å². The number of carbonyl (C=O) groups excluding carboxylic acids is 1. The van der Waals surface area contributed by atoms with Crippen LogP contribution >= 0.6 is 0 Å². The predicted octanol–water partition coefficient (Wildman–Crippen LogP) is 4.82. The molecular formula is C28H28F3N5O2. The number of pyridine rings is 2. The maximum Gasteiger partial charge on any atom is 0.274 e. The molecule has 4 rings (SSSR count). The molecule has 0 unspecified atom stereocenters. The van der Waals surface area contributed by atoms with Crippen LogP contribution in [-0.2, 0) is 5.41 Å². The molecular weight excluding hydrogens is 495 g/mol. The standard InChI is InChI=1S/C28H28F3N5O2/c1-14-8-15(9-21(33)26(14)37)17-6-7-34-12-23(17)36-27(38)22-5-4-18(29)25(35-22)24-19(30)10-16(11-20(24)31)28(2,3)13-32/h4-7,10-12,14-15,21,26,37H,8-9,33H2,1-3H3,(H,36,38)/t14-,15+,21+,26+/m0/s1. The first-order valence-corrected chi connectivity index (χ1v) is 12.2. The molecule has 3 aromatic rings. The molecule has 1 aliphatic rings. The maximum absolute atomic E-state index is 15.0. The van der Waals surface area contributed by atoms with Gasteiger partial charge < -0.3 is 16.2 Å². The summed E-state index contributed by atoms with van der Waals surface area (Å²) in [5.74, 6) is -4.04. The summed E-state index contributed by atoms with van der Waals surface area (Å²) in [7, 11) is 0. The van der Waals surface area contributed by atoms with Crippen LogP contribution in [0.3, 0.4) is 0 Å². The number of carbonyl (C=O) groups is 1. The lowest BCUT2D eigenvalue weighted by molar-refractivity contribution is 0.0521. The molecule has 1 amide bonds. The first-order valence-electron chi connectivity index (χ1n) is 12.2. The monoisotopic (exact) mass is 523 g/mol. The van der Waals surface area contributed by atoms with Crippen molar-refractivity contribution < 1.29 is 23.1 Å². The van der Waals surface area contributed by atoms with E-state index >= 15 is 0 Å². The van der Waals surface area contributed by atoms with E-state index in [1.165, 1.54) is 20.0 Å². The number of benzene rings is 1. The number of nitrogens with one attached hydrogen (secondary N) is 1. The van der Waals surface area contributed by atoms with Gasteiger partial charge in [-0.05, 0) is 80.0 Å². The lowest BCUT2D eigenvalue weighted by Crippen LogP contribution is -2.44. The smallest absolute Gasteiger partial charge is 0.274 e. The SMILES string of the molecule is C[C@H]1C[C@@H](c2ccncc2NC(=O)c2ccc(F)c(-c3c(F)cc(C(C)(C)C#N)cc3F)n2)C[C@@H](N)[C@@H]1O. The minimum Gasteiger partial charge on any atom is -0.391 e. The zero-order valence-corrected chi connectivity index (χ0v) is 21.2. The van der Waals surface area contributed by atoms with Gasteiger partial charge in [0.25, 0.3) is 5.91 Å². The fraction of sp³-hybridized carbons (Fsp3) is 0.357. The number of aromatic nitrogens is 2. The molecule has 7 nitrogen and oxygen atoms in total. The summed E-state index contributed by atoms with van der Waals surface area (Å²) in [6.45, 7) is 4.91. The summed E-state index contributed by atoms with van der Waals surface area (Å²) in [4.78, 5) is 21.1. The average Bonchev–Trinajstić information content (AvgIpc) is 2.87. The Morgan fingerprint density at radius 1 is 1.16 bits per heavy atom. The van der Waals surface area contributed by atoms with Gasteiger partial charge in [0.2, 0.25) is 0 Å². The molecule has 4 N–H and O–H groups in total. The summed E-state index contributed by atoms with van der Waals surface area (Å²) < 4.78 is 44.7. The van der Waals surface area contributed by atoms with Gasteiger partial charge in [-0.1, -0.05) is 6.92 Å². The number of nitrogens with two attached hydrogens (primary N) is 1. The Morgan fingerprint density at radius 3 is 2.47 bits per heavy atom. The third kappa shape index (κ3) is 5.26. The number of anilines is 1. The minimum absolute atomic E-state index is 0.0437. The lowest BCUT2D eigenvalue weighted by atomic mass is 9.74. The Labute approximate surface area is 218 Å². The van der Waals surface area contributed by atoms with Crippen molar-refractivity contribution in [3.8, 4) is 17.3 Å². The largest absolute Gasteiger partial charge is 0.391 e. The zero-order chi connectivity index (χ0) is 27.8. The van der Waals surface area contributed by atoms with E-state index < -0.39 is 52.2 Å². The Kier molecular flexibility index (Phi) is 7.54. The highest BCUT2D eigenvalue weighted by Crippen LogP contribution is 2.39. The van der Waals surface area contributed by atoms with Gasteiger partial charge in [0.1, 0.15) is 28.8 Å². The van der Waals surface area contributed by atoms with Gasteiger partial charge in [0, 0.05) is 12.2 Å². The molecule has 0 bridgehead atoms. The van der Waals surface area contributed by atoms with Gasteiger partial charge in [-0.2, -0.15) is 5.26 Å². The van der Waals surface area contributed by atoms with Crippen molar-refractivity contribution in [2.75, 3.05) is 5.32 Å². The number of nitriles is 1. The van der Waals surface area contributed by atoms with Gasteiger partial charge in [-0.3, -0.25) is 9.78 Å². The molecule has 1 fully saturated rings. The molecule has 10 heteroatoms. The van der Waals surface area contributed by atoms with Crippen LogP contribution < -0.4 is 11.1 Å². The van der Waals surface area contributed by atoms with Crippen LogP contribution in [0.1, 0.15) is 61.1 Å². The van der Waals surface area contributed by atoms with Gasteiger partial charge in [0.05, 0.1) is 35.0 Å². The number of nitrogens with zero attached hydrogens (tertiary/aromatic N) is 3. The van der Waals surface area contributed by atoms with E-state index in [-0.39, 0.29) is 23.1 Å². The average molecular weight is 524 g/mol. The summed E-state index contributed by atoms with van der Waals surface area (Å²) in [5.41, 5.74) is 4.53. The third-order valence-electron chi connectivity index (χ3n) is 7.14. The number of aliphatic hydroxyl groups excluding tert-OH is 1. The first-order chi connectivity index (χ1) is 17.9. The highest BCUT2D eigenvalue weighted by Gasteiger charge is 2.34. The molecule has 2 aromatic heterocycles. The van der Waals surface area contributed by atoms with E-state index in [9.17, 15) is 28.3 Å². The van der Waals surface area contributed by atoms with Crippen molar-refractivity contribution in [1.82, 2.24) is 9.97 Å². The number of rotatable bonds is 5. The molecule has 1 aliphatic carbocycles. The van der Waals surface area contributed by atoms with Crippen LogP contribution in [0.25, 0.3) is 11.3 Å². The lowest BCUT2D eigenvalue weighted by Gasteiger charge is -2.36. The highest BCUT2D eigenvalue weighted by molar-refractivity contribution is 6.03. The predicted molar refractivity (Wildman–Crippen MR) is 135 cm³/mol. The Hall–Kier alpha value is -3.81. The van der Waals surface area contributed by atoms with Gasteiger partial charge in [-0.25, -0.2) is 18.2 Å². The number of amides is 1. The molecule has 4 atom stereocenters. The normalized spacial score (nSPS) is 21.6. The van der Waals surface area contributed by atoms with Crippen LogP contribution in [0.2, 0.25) is 0 Å². The van der Waals surface area contributed by atoms with Crippen LogP contribution in [0.5, 0.6) is 0 Å². The van der Waals surface area contributed by atoms with Crippen molar-refractivity contribution in [3.05, 3.63) is 77.0 Å². The highest BCUT2D eigenvalue weighted by atomic mass is 19.1. The number of hydrogen-bond donors (Lipinski definition) is 3. The molecule has 0 aliphatic heterocycles. The summed E-state index contributed by atoms with van der Waals surface area (Å²) >= 11 is 0. The second kappa shape index (κ2) is 10.5. The van der Waals surface area contributed by atoms with Crippen molar-refractivity contribution >= 4 is 11.6 Å². The van der Waals surface area contributed by atoms with E-state index in [0.29, 0.717) is 18.5 Å². The van der Waals surface area contributed by atoms with Crippen molar-refractivity contribution in [2.45, 2.75) is 57.1 Å². The van der Waals surface area contributed by atoms with Gasteiger partial charge in [0.15, 0.2) is 0 Å². The molecule has 0 spiro atoms. The number of aliphatic hydroxyl groups is 1. The Bertz CT molecular complexity index is 1390. The molecule has 0 radical (unpaired) electrons. The van der Waals surface area contributed by atoms with E-state index in [1.54, 1.807) is 12.3 Å². The van der Waals surface area contributed by atoms with E-state index in [0.717, 1.165) is 29.8 Å². The van der Waals surface area contributed by atoms with Crippen molar-refractivity contribution in [3.63, 3.8) is 0 Å². The summed E-state index contributed by atoms with van der Waals surface area (Å²) in [6, 6.07) is 7.26. The minimum atomic E-state index is -1.17. The fourth-order valence-electron chi connectivity index (χ4n) is 4.85. The van der Waals surface area contributed by atoms with Crippen LogP contribution in [0, 0.1) is 34.7 Å². The molecule has 1 aromatic carbocycles. The second-order valence-electron chi connectivity index (χ2n) is 10.3. The van der Waals surface area contributed by atoms with E-state index in [2.05, 4.69) is 15.3 Å².